The molecular weight excluding hydrogens is 268 g/mol. The third-order valence-corrected chi connectivity index (χ3v) is 5.46. The Morgan fingerprint density at radius 2 is 1.67 bits per heavy atom. The average Bonchev–Trinajstić information content (AvgIpc) is 2.81. The molecule has 2 N–H and O–H groups in total. The minimum Gasteiger partial charge on any atom is -0.345 e. The number of rotatable bonds is 6. The smallest absolute Gasteiger partial charge is 0.243 e. The third kappa shape index (κ3) is 2.58. The van der Waals surface area contributed by atoms with E-state index in [0.717, 1.165) is 19.3 Å². The van der Waals surface area contributed by atoms with Crippen molar-refractivity contribution in [3.8, 4) is 0 Å². The van der Waals surface area contributed by atoms with E-state index >= 15 is 0 Å². The van der Waals surface area contributed by atoms with Crippen molar-refractivity contribution in [2.45, 2.75) is 66.0 Å². The summed E-state index contributed by atoms with van der Waals surface area (Å²) in [6, 6.07) is -1.11. The first-order valence-corrected chi connectivity index (χ1v) is 7.75. The van der Waals surface area contributed by atoms with Gasteiger partial charge in [-0.25, -0.2) is 0 Å². The van der Waals surface area contributed by atoms with E-state index in [0.29, 0.717) is 0 Å². The van der Waals surface area contributed by atoms with Crippen LogP contribution in [0.15, 0.2) is 0 Å². The van der Waals surface area contributed by atoms with Gasteiger partial charge in [0, 0.05) is 0 Å². The topological polar surface area (TPSA) is 75.3 Å². The van der Waals surface area contributed by atoms with Gasteiger partial charge in [-0.3, -0.25) is 14.4 Å². The molecule has 0 heterocycles. The largest absolute Gasteiger partial charge is 0.345 e. The molecule has 0 saturated heterocycles. The molecule has 2 aliphatic carbocycles. The van der Waals surface area contributed by atoms with Crippen LogP contribution in [0.5, 0.6) is 0 Å². The first-order chi connectivity index (χ1) is 9.63. The Morgan fingerprint density at radius 1 is 1.05 bits per heavy atom. The average molecular weight is 294 g/mol. The molecule has 2 rings (SSSR count). The van der Waals surface area contributed by atoms with Crippen LogP contribution in [0, 0.1) is 16.7 Å². The molecule has 0 aromatic heterocycles. The molecule has 0 spiro atoms. The van der Waals surface area contributed by atoms with Crippen molar-refractivity contribution in [2.75, 3.05) is 0 Å². The predicted molar refractivity (Wildman–Crippen MR) is 79.4 cm³/mol. The van der Waals surface area contributed by atoms with Crippen molar-refractivity contribution in [3.05, 3.63) is 0 Å². The van der Waals surface area contributed by atoms with Gasteiger partial charge in [-0.1, -0.05) is 20.8 Å². The van der Waals surface area contributed by atoms with E-state index in [2.05, 4.69) is 17.6 Å². The standard InChI is InChI=1S/C16H26N2O3/c1-9(2)12(13(20)17-10(3)11(4)19)18-14(21)16-7-6-15(16,5)8-16/h9-10,12H,6-8H2,1-5H3,(H,17,20)(H,18,21)/t10-,12-,15?,16?/m0/s1. The Hall–Kier alpha value is -1.39. The predicted octanol–water partition coefficient (Wildman–Crippen LogP) is 1.41. The number of amides is 2. The van der Waals surface area contributed by atoms with Crippen LogP contribution in [0.2, 0.25) is 0 Å². The van der Waals surface area contributed by atoms with Crippen molar-refractivity contribution >= 4 is 17.6 Å². The van der Waals surface area contributed by atoms with E-state index < -0.39 is 12.1 Å². The van der Waals surface area contributed by atoms with Gasteiger partial charge in [-0.2, -0.15) is 0 Å². The van der Waals surface area contributed by atoms with Crippen LogP contribution < -0.4 is 10.6 Å². The highest BCUT2D eigenvalue weighted by Gasteiger charge is 2.75. The zero-order valence-electron chi connectivity index (χ0n) is 13.6. The minimum absolute atomic E-state index is 0.000535. The number of carbonyl (C=O) groups is 3. The lowest BCUT2D eigenvalue weighted by atomic mass is 9.74. The molecule has 0 bridgehead atoms. The molecule has 0 radical (unpaired) electrons. The number of fused-ring (bicyclic) bond motifs is 1. The van der Waals surface area contributed by atoms with Crippen molar-refractivity contribution in [2.24, 2.45) is 16.7 Å². The van der Waals surface area contributed by atoms with Gasteiger partial charge in [-0.15, -0.1) is 0 Å². The third-order valence-electron chi connectivity index (χ3n) is 5.46. The monoisotopic (exact) mass is 294 g/mol. The molecule has 4 atom stereocenters. The van der Waals surface area contributed by atoms with E-state index in [9.17, 15) is 14.4 Å². The highest BCUT2D eigenvalue weighted by Crippen LogP contribution is 2.77. The van der Waals surface area contributed by atoms with Crippen LogP contribution in [0.1, 0.15) is 53.9 Å². The van der Waals surface area contributed by atoms with Crippen LogP contribution in [-0.2, 0) is 14.4 Å². The highest BCUT2D eigenvalue weighted by atomic mass is 16.2. The first-order valence-electron chi connectivity index (χ1n) is 7.75. The van der Waals surface area contributed by atoms with Gasteiger partial charge in [0.05, 0.1) is 11.5 Å². The highest BCUT2D eigenvalue weighted by molar-refractivity contribution is 5.95. The Labute approximate surface area is 126 Å². The summed E-state index contributed by atoms with van der Waals surface area (Å²) >= 11 is 0. The summed E-state index contributed by atoms with van der Waals surface area (Å²) in [7, 11) is 0. The lowest BCUT2D eigenvalue weighted by molar-refractivity contribution is -0.136. The van der Waals surface area contributed by atoms with Crippen LogP contribution in [0.25, 0.3) is 0 Å². The summed E-state index contributed by atoms with van der Waals surface area (Å²) in [4.78, 5) is 36.0. The fraction of sp³-hybridized carbons (Fsp3) is 0.812. The van der Waals surface area contributed by atoms with E-state index in [1.165, 1.54) is 6.92 Å². The maximum absolute atomic E-state index is 12.5. The molecule has 2 unspecified atom stereocenters. The molecule has 2 amide bonds. The molecule has 0 aromatic rings. The first kappa shape index (κ1) is 16.0. The van der Waals surface area contributed by atoms with Crippen molar-refractivity contribution in [3.63, 3.8) is 0 Å². The van der Waals surface area contributed by atoms with Gasteiger partial charge >= 0.3 is 0 Å². The van der Waals surface area contributed by atoms with Crippen LogP contribution in [0.4, 0.5) is 0 Å². The van der Waals surface area contributed by atoms with Crippen molar-refractivity contribution in [1.82, 2.24) is 10.6 Å². The number of hydrogen-bond donors (Lipinski definition) is 2. The fourth-order valence-electron chi connectivity index (χ4n) is 3.34. The Morgan fingerprint density at radius 3 is 2.00 bits per heavy atom. The maximum Gasteiger partial charge on any atom is 0.243 e. The van der Waals surface area contributed by atoms with Gasteiger partial charge in [0.15, 0.2) is 5.78 Å². The molecule has 5 nitrogen and oxygen atoms in total. The molecule has 2 saturated carbocycles. The van der Waals surface area contributed by atoms with E-state index in [1.807, 2.05) is 13.8 Å². The zero-order chi connectivity index (χ0) is 16.0. The second-order valence-corrected chi connectivity index (χ2v) is 7.36. The summed E-state index contributed by atoms with van der Waals surface area (Å²) in [6.07, 6.45) is 2.95. The Kier molecular flexibility index (Phi) is 3.89. The lowest BCUT2D eigenvalue weighted by Crippen LogP contribution is -2.55. The lowest BCUT2D eigenvalue weighted by Gasteiger charge is -2.33. The molecular formula is C16H26N2O3. The van der Waals surface area contributed by atoms with Crippen molar-refractivity contribution in [1.29, 1.82) is 0 Å². The Bertz CT molecular complexity index is 488. The van der Waals surface area contributed by atoms with E-state index in [1.54, 1.807) is 6.92 Å². The van der Waals surface area contributed by atoms with Crippen LogP contribution in [0.3, 0.4) is 0 Å². The van der Waals surface area contributed by atoms with Gasteiger partial charge in [0.25, 0.3) is 0 Å². The molecule has 0 aromatic carbocycles. The maximum atomic E-state index is 12.5. The summed E-state index contributed by atoms with van der Waals surface area (Å²) in [5.74, 6) is -0.390. The SMILES string of the molecule is CC(=O)[C@H](C)NC(=O)[C@@H](NC(=O)C12CCC1(C)C2)C(C)C. The Balaban J connectivity index is 1.98. The van der Waals surface area contributed by atoms with E-state index in [-0.39, 0.29) is 34.3 Å². The number of nitrogens with one attached hydrogen (secondary N) is 2. The summed E-state index contributed by atoms with van der Waals surface area (Å²) in [5.41, 5.74) is -0.0750. The number of carbonyl (C=O) groups excluding carboxylic acids is 3. The van der Waals surface area contributed by atoms with Gasteiger partial charge < -0.3 is 10.6 Å². The van der Waals surface area contributed by atoms with Crippen LogP contribution in [-0.4, -0.2) is 29.7 Å². The molecule has 2 fully saturated rings. The number of hydrogen-bond acceptors (Lipinski definition) is 3. The molecule has 0 aliphatic heterocycles. The van der Waals surface area contributed by atoms with Gasteiger partial charge in [0.1, 0.15) is 6.04 Å². The minimum atomic E-state index is -0.584. The molecule has 2 aliphatic rings. The van der Waals surface area contributed by atoms with Crippen molar-refractivity contribution < 1.29 is 14.4 Å². The van der Waals surface area contributed by atoms with Crippen LogP contribution >= 0.6 is 0 Å². The van der Waals surface area contributed by atoms with Gasteiger partial charge in [-0.05, 0) is 44.4 Å². The molecule has 118 valence electrons. The van der Waals surface area contributed by atoms with E-state index in [4.69, 9.17) is 0 Å². The quantitative estimate of drug-likeness (QED) is 0.778. The normalized spacial score (nSPS) is 32.5. The fourth-order valence-corrected chi connectivity index (χ4v) is 3.34. The second-order valence-electron chi connectivity index (χ2n) is 7.36. The number of ketones is 1. The summed E-state index contributed by atoms with van der Waals surface area (Å²) in [5, 5.41) is 5.58. The molecule has 21 heavy (non-hydrogen) atoms. The summed E-state index contributed by atoms with van der Waals surface area (Å²) in [6.45, 7) is 9.03. The van der Waals surface area contributed by atoms with Gasteiger partial charge in [0.2, 0.25) is 11.8 Å². The molecule has 5 heteroatoms. The number of Topliss-reactive ketones (excluding diaryl/α,β-unsaturated/α-hetero) is 1. The second kappa shape index (κ2) is 5.11. The zero-order valence-corrected chi connectivity index (χ0v) is 13.6. The summed E-state index contributed by atoms with van der Waals surface area (Å²) < 4.78 is 0.